The Morgan fingerprint density at radius 1 is 0.415 bits per heavy atom. The Bertz CT molecular complexity index is 2530. The van der Waals surface area contributed by atoms with Crippen molar-refractivity contribution >= 4 is 23.2 Å². The van der Waals surface area contributed by atoms with Gasteiger partial charge in [-0.3, -0.25) is 5.41 Å². The minimum Gasteiger partial charge on any atom is -0.449 e. The van der Waals surface area contributed by atoms with E-state index in [0.717, 1.165) is 72.5 Å². The lowest BCUT2D eigenvalue weighted by atomic mass is 9.94. The minimum absolute atomic E-state index is 0.518. The summed E-state index contributed by atoms with van der Waals surface area (Å²) in [6.45, 7) is 4.58. The van der Waals surface area contributed by atoms with Crippen molar-refractivity contribution in [3.8, 4) is 56.4 Å². The maximum Gasteiger partial charge on any atom is 0.177 e. The Balaban J connectivity index is 0.000000431. The Labute approximate surface area is 310 Å². The summed E-state index contributed by atoms with van der Waals surface area (Å²) < 4.78 is 12.9. The maximum absolute atomic E-state index is 8.74. The van der Waals surface area contributed by atoms with E-state index in [2.05, 4.69) is 105 Å². The van der Waals surface area contributed by atoms with Crippen LogP contribution in [0.4, 0.5) is 0 Å². The molecule has 0 saturated heterocycles. The van der Waals surface area contributed by atoms with E-state index >= 15 is 0 Å². The predicted octanol–water partition coefficient (Wildman–Crippen LogP) is 13.4. The van der Waals surface area contributed by atoms with Crippen LogP contribution in [0.25, 0.3) is 44.2 Å². The third-order valence-electron chi connectivity index (χ3n) is 9.08. The zero-order valence-corrected chi connectivity index (χ0v) is 29.4. The topological polar surface area (TPSA) is 66.2 Å². The van der Waals surface area contributed by atoms with Crippen molar-refractivity contribution in [3.05, 3.63) is 205 Å². The van der Waals surface area contributed by atoms with Crippen molar-refractivity contribution in [1.29, 1.82) is 10.8 Å². The van der Waals surface area contributed by atoms with Crippen LogP contribution in [0.15, 0.2) is 188 Å². The van der Waals surface area contributed by atoms with Gasteiger partial charge in [0, 0.05) is 11.1 Å². The van der Waals surface area contributed by atoms with Gasteiger partial charge in [0.2, 0.25) is 0 Å². The Morgan fingerprint density at radius 3 is 1.49 bits per heavy atom. The summed E-state index contributed by atoms with van der Waals surface area (Å²) in [5, 5.41) is 16.5. The third kappa shape index (κ3) is 7.68. The van der Waals surface area contributed by atoms with Gasteiger partial charge in [-0.05, 0) is 94.2 Å². The largest absolute Gasteiger partial charge is 0.449 e. The van der Waals surface area contributed by atoms with Crippen LogP contribution < -0.4 is 9.47 Å². The number of para-hydroxylation sites is 1. The van der Waals surface area contributed by atoms with Crippen LogP contribution in [0, 0.1) is 17.7 Å². The first-order valence-electron chi connectivity index (χ1n) is 17.4. The average molecular weight is 687 g/mol. The van der Waals surface area contributed by atoms with Gasteiger partial charge in [0.25, 0.3) is 0 Å². The van der Waals surface area contributed by atoms with Crippen LogP contribution in [-0.4, -0.2) is 12.4 Å². The Hall–Kier alpha value is -7.04. The number of nitrogens with one attached hydrogen (secondary N) is 2. The molecule has 1 aliphatic heterocycles. The van der Waals surface area contributed by atoms with Gasteiger partial charge in [-0.25, -0.2) is 0 Å². The van der Waals surface area contributed by atoms with Crippen LogP contribution in [0.5, 0.6) is 23.0 Å². The fraction of sp³-hybridized carbons (Fsp3) is 0.0204. The molecular formula is C49H38N2O2. The molecule has 1 aliphatic rings. The number of hydrogen-bond donors (Lipinski definition) is 2. The molecule has 4 heteroatoms. The molecular weight excluding hydrogens is 649 g/mol. The second-order valence-electron chi connectivity index (χ2n) is 12.6. The molecule has 0 unspecified atom stereocenters. The molecule has 0 fully saturated rings. The summed E-state index contributed by atoms with van der Waals surface area (Å²) in [5.41, 5.74) is 10.1. The molecule has 256 valence electrons. The molecule has 0 amide bonds. The number of ether oxygens (including phenoxy) is 2. The van der Waals surface area contributed by atoms with Crippen molar-refractivity contribution < 1.29 is 9.47 Å². The van der Waals surface area contributed by atoms with Crippen molar-refractivity contribution in [2.24, 2.45) is 0 Å². The molecule has 4 nitrogen and oxygen atoms in total. The lowest BCUT2D eigenvalue weighted by molar-refractivity contribution is 0.361. The zero-order valence-electron chi connectivity index (χ0n) is 29.4. The highest BCUT2D eigenvalue weighted by atomic mass is 16.6. The van der Waals surface area contributed by atoms with Crippen LogP contribution in [0.3, 0.4) is 0 Å². The molecule has 8 aromatic rings. The predicted molar refractivity (Wildman–Crippen MR) is 220 cm³/mol. The summed E-state index contributed by atoms with van der Waals surface area (Å²) in [6, 6.07) is 63.8. The third-order valence-corrected chi connectivity index (χ3v) is 9.08. The molecule has 0 atom stereocenters. The van der Waals surface area contributed by atoms with Gasteiger partial charge in [-0.2, -0.15) is 0 Å². The van der Waals surface area contributed by atoms with Crippen molar-refractivity contribution in [1.82, 2.24) is 0 Å². The van der Waals surface area contributed by atoms with Gasteiger partial charge in [0.1, 0.15) is 0 Å². The second kappa shape index (κ2) is 15.9. The monoisotopic (exact) mass is 686 g/mol. The molecule has 9 rings (SSSR count). The van der Waals surface area contributed by atoms with Crippen LogP contribution in [0.2, 0.25) is 0 Å². The molecule has 0 aromatic heterocycles. The number of rotatable bonds is 5. The molecule has 0 radical (unpaired) electrons. The SMILES string of the molecule is C=N.Cc1ccccc1.N=C(c1ccccc1)c1cccc(-c2cccc(-c3cccc(-c4cccc5c4Oc4cc6ccccc6cc4O5)c3)c2)c1. The van der Waals surface area contributed by atoms with E-state index in [9.17, 15) is 0 Å². The van der Waals surface area contributed by atoms with E-state index in [1.807, 2.05) is 97.1 Å². The van der Waals surface area contributed by atoms with E-state index in [1.54, 1.807) is 0 Å². The molecule has 1 heterocycles. The quantitative estimate of drug-likeness (QED) is 0.177. The van der Waals surface area contributed by atoms with E-state index in [-0.39, 0.29) is 0 Å². The van der Waals surface area contributed by atoms with Crippen molar-refractivity contribution in [2.75, 3.05) is 0 Å². The van der Waals surface area contributed by atoms with Gasteiger partial charge in [-0.1, -0.05) is 157 Å². The zero-order chi connectivity index (χ0) is 36.6. The highest BCUT2D eigenvalue weighted by molar-refractivity contribution is 6.11. The summed E-state index contributed by atoms with van der Waals surface area (Å²) in [7, 11) is 0. The minimum atomic E-state index is 0.518. The summed E-state index contributed by atoms with van der Waals surface area (Å²) in [5.74, 6) is 2.87. The fourth-order valence-electron chi connectivity index (χ4n) is 6.42. The fourth-order valence-corrected chi connectivity index (χ4v) is 6.42. The lowest BCUT2D eigenvalue weighted by Crippen LogP contribution is -2.01. The highest BCUT2D eigenvalue weighted by Crippen LogP contribution is 2.50. The molecule has 0 aliphatic carbocycles. The lowest BCUT2D eigenvalue weighted by Gasteiger charge is -2.23. The smallest absolute Gasteiger partial charge is 0.177 e. The second-order valence-corrected chi connectivity index (χ2v) is 12.6. The number of fused-ring (bicyclic) bond motifs is 3. The van der Waals surface area contributed by atoms with Gasteiger partial charge < -0.3 is 14.9 Å². The van der Waals surface area contributed by atoms with Crippen molar-refractivity contribution in [2.45, 2.75) is 6.92 Å². The Kier molecular flexibility index (Phi) is 10.3. The van der Waals surface area contributed by atoms with Gasteiger partial charge in [-0.15, -0.1) is 0 Å². The molecule has 0 spiro atoms. The first-order valence-corrected chi connectivity index (χ1v) is 17.4. The summed E-state index contributed by atoms with van der Waals surface area (Å²) >= 11 is 0. The maximum atomic E-state index is 8.74. The van der Waals surface area contributed by atoms with Crippen LogP contribution >= 0.6 is 0 Å². The van der Waals surface area contributed by atoms with E-state index in [4.69, 9.17) is 20.3 Å². The molecule has 53 heavy (non-hydrogen) atoms. The van der Waals surface area contributed by atoms with E-state index in [0.29, 0.717) is 11.5 Å². The molecule has 0 bridgehead atoms. The summed E-state index contributed by atoms with van der Waals surface area (Å²) in [6.07, 6.45) is 0. The molecule has 2 N–H and O–H groups in total. The standard InChI is InChI=1S/C41H27NO2.C7H8.CH3N/c42-40(27-10-2-1-3-11-27)35-19-8-17-31(24-35)29-15-6-14-28(22-29)30-16-7-18-34(23-30)36-20-9-21-37-41(36)44-39-26-33-13-5-4-12-32(33)25-38(39)43-37;1-7-5-3-2-4-6-7;1-2/h1-26,42H;2-6H,1H3;2H,1H2. The molecule has 0 saturated carbocycles. The average Bonchev–Trinajstić information content (AvgIpc) is 3.23. The van der Waals surface area contributed by atoms with Crippen molar-refractivity contribution in [3.63, 3.8) is 0 Å². The first-order chi connectivity index (χ1) is 26.1. The van der Waals surface area contributed by atoms with Gasteiger partial charge >= 0.3 is 0 Å². The number of hydrogen-bond acceptors (Lipinski definition) is 4. The molecule has 8 aromatic carbocycles. The van der Waals surface area contributed by atoms with Crippen LogP contribution in [0.1, 0.15) is 16.7 Å². The first kappa shape index (κ1) is 34.4. The Morgan fingerprint density at radius 2 is 0.887 bits per heavy atom. The highest BCUT2D eigenvalue weighted by Gasteiger charge is 2.23. The normalized spacial score (nSPS) is 10.9. The number of aryl methyl sites for hydroxylation is 1. The summed E-state index contributed by atoms with van der Waals surface area (Å²) in [4.78, 5) is 0. The van der Waals surface area contributed by atoms with Crippen LogP contribution in [-0.2, 0) is 0 Å². The van der Waals surface area contributed by atoms with E-state index < -0.39 is 0 Å². The van der Waals surface area contributed by atoms with Gasteiger partial charge in [0.05, 0.1) is 5.71 Å². The number of benzene rings is 8. The van der Waals surface area contributed by atoms with Gasteiger partial charge in [0.15, 0.2) is 23.0 Å². The van der Waals surface area contributed by atoms with E-state index in [1.165, 1.54) is 5.56 Å².